The van der Waals surface area contributed by atoms with Gasteiger partial charge in [-0.2, -0.15) is 0 Å². The number of nitrogens with zero attached hydrogens (tertiary/aromatic N) is 1. The molecule has 0 saturated carbocycles. The van der Waals surface area contributed by atoms with Crippen molar-refractivity contribution in [3.8, 4) is 0 Å². The van der Waals surface area contributed by atoms with Gasteiger partial charge >= 0.3 is 0 Å². The van der Waals surface area contributed by atoms with Gasteiger partial charge in [-0.3, -0.25) is 14.4 Å². The van der Waals surface area contributed by atoms with E-state index in [1.165, 1.54) is 12.1 Å². The first-order chi connectivity index (χ1) is 14.3. The number of sulfonamides is 1. The molecule has 1 saturated heterocycles. The average Bonchev–Trinajstić information content (AvgIpc) is 2.72. The van der Waals surface area contributed by atoms with Gasteiger partial charge in [0.2, 0.25) is 15.9 Å². The molecule has 1 heterocycles. The standard InChI is InChI=1S/C22H28FN3O3S/c1-3-30(28,29)25-20-12-11-19(14-16(20)2)24-22(27)21-6-4-5-13-26(21)15-17-7-9-18(23)10-8-17/h7-12,14,21,25H,3-6,13,15H2,1-2H3,(H,24,27)/t21-/m0/s1. The Balaban J connectivity index is 1.68. The van der Waals surface area contributed by atoms with Gasteiger partial charge in [-0.1, -0.05) is 18.6 Å². The largest absolute Gasteiger partial charge is 0.325 e. The molecule has 6 nitrogen and oxygen atoms in total. The van der Waals surface area contributed by atoms with Crippen LogP contribution in [0.5, 0.6) is 0 Å². The number of halogens is 1. The fourth-order valence-electron chi connectivity index (χ4n) is 3.62. The summed E-state index contributed by atoms with van der Waals surface area (Å²) in [5.74, 6) is -0.360. The van der Waals surface area contributed by atoms with Crippen molar-refractivity contribution in [2.45, 2.75) is 45.7 Å². The van der Waals surface area contributed by atoms with Crippen molar-refractivity contribution in [2.75, 3.05) is 22.3 Å². The van der Waals surface area contributed by atoms with E-state index >= 15 is 0 Å². The normalized spacial score (nSPS) is 17.5. The van der Waals surface area contributed by atoms with Gasteiger partial charge in [0.25, 0.3) is 0 Å². The van der Waals surface area contributed by atoms with Crippen LogP contribution in [0.2, 0.25) is 0 Å². The van der Waals surface area contributed by atoms with Crippen LogP contribution in [0.15, 0.2) is 42.5 Å². The summed E-state index contributed by atoms with van der Waals surface area (Å²) in [6, 6.07) is 11.2. The van der Waals surface area contributed by atoms with Gasteiger partial charge in [0, 0.05) is 12.2 Å². The van der Waals surface area contributed by atoms with Gasteiger partial charge in [0.1, 0.15) is 5.82 Å². The summed E-state index contributed by atoms with van der Waals surface area (Å²) < 4.78 is 39.3. The number of anilines is 2. The number of hydrogen-bond acceptors (Lipinski definition) is 4. The number of rotatable bonds is 7. The monoisotopic (exact) mass is 433 g/mol. The lowest BCUT2D eigenvalue weighted by atomic mass is 10.00. The fourth-order valence-corrected chi connectivity index (χ4v) is 4.33. The number of benzene rings is 2. The number of carbonyl (C=O) groups is 1. The quantitative estimate of drug-likeness (QED) is 0.694. The van der Waals surface area contributed by atoms with Gasteiger partial charge in [0.05, 0.1) is 17.5 Å². The second-order valence-corrected chi connectivity index (χ2v) is 9.64. The number of piperidine rings is 1. The van der Waals surface area contributed by atoms with Crippen molar-refractivity contribution in [2.24, 2.45) is 0 Å². The highest BCUT2D eigenvalue weighted by atomic mass is 32.2. The molecule has 1 amide bonds. The van der Waals surface area contributed by atoms with Gasteiger partial charge in [-0.15, -0.1) is 0 Å². The van der Waals surface area contributed by atoms with Crippen LogP contribution in [0.4, 0.5) is 15.8 Å². The van der Waals surface area contributed by atoms with Crippen molar-refractivity contribution in [3.05, 3.63) is 59.4 Å². The molecular formula is C22H28FN3O3S. The summed E-state index contributed by atoms with van der Waals surface area (Å²) in [4.78, 5) is 15.1. The van der Waals surface area contributed by atoms with Crippen molar-refractivity contribution < 1.29 is 17.6 Å². The van der Waals surface area contributed by atoms with E-state index in [1.54, 1.807) is 44.2 Å². The summed E-state index contributed by atoms with van der Waals surface area (Å²) in [5.41, 5.74) is 2.84. The third-order valence-electron chi connectivity index (χ3n) is 5.35. The van der Waals surface area contributed by atoms with Crippen LogP contribution in [-0.4, -0.2) is 37.6 Å². The third-order valence-corrected chi connectivity index (χ3v) is 6.65. The van der Waals surface area contributed by atoms with Crippen molar-refractivity contribution in [1.82, 2.24) is 4.90 Å². The summed E-state index contributed by atoms with van der Waals surface area (Å²) in [7, 11) is -3.36. The fraction of sp³-hybridized carbons (Fsp3) is 0.409. The number of likely N-dealkylation sites (tertiary alicyclic amines) is 1. The van der Waals surface area contributed by atoms with Crippen molar-refractivity contribution in [1.29, 1.82) is 0 Å². The predicted molar refractivity (Wildman–Crippen MR) is 117 cm³/mol. The molecule has 0 aromatic heterocycles. The van der Waals surface area contributed by atoms with Crippen LogP contribution in [0.25, 0.3) is 0 Å². The number of nitrogens with one attached hydrogen (secondary N) is 2. The first-order valence-electron chi connectivity index (χ1n) is 10.2. The molecule has 0 spiro atoms. The SMILES string of the molecule is CCS(=O)(=O)Nc1ccc(NC(=O)[C@@H]2CCCCN2Cc2ccc(F)cc2)cc1C. The molecule has 1 aliphatic heterocycles. The second kappa shape index (κ2) is 9.57. The molecule has 30 heavy (non-hydrogen) atoms. The van der Waals surface area contributed by atoms with E-state index in [4.69, 9.17) is 0 Å². The van der Waals surface area contributed by atoms with Gasteiger partial charge in [-0.05, 0) is 74.7 Å². The van der Waals surface area contributed by atoms with Crippen LogP contribution < -0.4 is 10.0 Å². The Hall–Kier alpha value is -2.45. The number of carbonyl (C=O) groups excluding carboxylic acids is 1. The third kappa shape index (κ3) is 5.79. The topological polar surface area (TPSA) is 78.5 Å². The predicted octanol–water partition coefficient (Wildman–Crippen LogP) is 3.89. The highest BCUT2D eigenvalue weighted by Gasteiger charge is 2.28. The Morgan fingerprint density at radius 1 is 1.17 bits per heavy atom. The molecule has 2 aromatic rings. The van der Waals surface area contributed by atoms with E-state index in [-0.39, 0.29) is 23.5 Å². The molecule has 1 fully saturated rings. The zero-order chi connectivity index (χ0) is 21.7. The second-order valence-electron chi connectivity index (χ2n) is 7.63. The Morgan fingerprint density at radius 3 is 2.57 bits per heavy atom. The Kier molecular flexibility index (Phi) is 7.10. The van der Waals surface area contributed by atoms with Crippen molar-refractivity contribution >= 4 is 27.3 Å². The molecule has 1 atom stereocenters. The van der Waals surface area contributed by atoms with Crippen LogP contribution >= 0.6 is 0 Å². The first kappa shape index (κ1) is 22.2. The zero-order valence-electron chi connectivity index (χ0n) is 17.3. The molecule has 0 bridgehead atoms. The smallest absolute Gasteiger partial charge is 0.241 e. The highest BCUT2D eigenvalue weighted by Crippen LogP contribution is 2.24. The van der Waals surface area contributed by atoms with E-state index < -0.39 is 10.0 Å². The summed E-state index contributed by atoms with van der Waals surface area (Å²) >= 11 is 0. The Labute approximate surface area is 177 Å². The Morgan fingerprint density at radius 2 is 1.90 bits per heavy atom. The van der Waals surface area contributed by atoms with E-state index in [1.807, 2.05) is 0 Å². The maximum atomic E-state index is 13.2. The molecule has 162 valence electrons. The lowest BCUT2D eigenvalue weighted by Crippen LogP contribution is -2.46. The van der Waals surface area contributed by atoms with Crippen LogP contribution in [0, 0.1) is 12.7 Å². The zero-order valence-corrected chi connectivity index (χ0v) is 18.1. The minimum Gasteiger partial charge on any atom is -0.325 e. The highest BCUT2D eigenvalue weighted by molar-refractivity contribution is 7.92. The molecule has 2 N–H and O–H groups in total. The molecule has 0 radical (unpaired) electrons. The molecule has 0 unspecified atom stereocenters. The van der Waals surface area contributed by atoms with E-state index in [9.17, 15) is 17.6 Å². The number of hydrogen-bond donors (Lipinski definition) is 2. The van der Waals surface area contributed by atoms with E-state index in [0.717, 1.165) is 36.9 Å². The lowest BCUT2D eigenvalue weighted by molar-refractivity contribution is -0.122. The molecule has 1 aliphatic rings. The maximum absolute atomic E-state index is 13.2. The van der Waals surface area contributed by atoms with Crippen LogP contribution in [0.1, 0.15) is 37.3 Å². The molecule has 2 aromatic carbocycles. The number of amides is 1. The van der Waals surface area contributed by atoms with Gasteiger partial charge < -0.3 is 5.32 Å². The molecule has 0 aliphatic carbocycles. The maximum Gasteiger partial charge on any atom is 0.241 e. The molecule has 3 rings (SSSR count). The summed E-state index contributed by atoms with van der Waals surface area (Å²) in [6.07, 6.45) is 2.77. The van der Waals surface area contributed by atoms with Crippen molar-refractivity contribution in [3.63, 3.8) is 0 Å². The average molecular weight is 434 g/mol. The number of aryl methyl sites for hydroxylation is 1. The van der Waals surface area contributed by atoms with Gasteiger partial charge in [0.15, 0.2) is 0 Å². The van der Waals surface area contributed by atoms with Crippen LogP contribution in [0.3, 0.4) is 0 Å². The lowest BCUT2D eigenvalue weighted by Gasteiger charge is -2.34. The van der Waals surface area contributed by atoms with E-state index in [0.29, 0.717) is 17.9 Å². The summed E-state index contributed by atoms with van der Waals surface area (Å²) in [5, 5.41) is 2.96. The minimum absolute atomic E-state index is 0.00347. The molecular weight excluding hydrogens is 405 g/mol. The van der Waals surface area contributed by atoms with Crippen LogP contribution in [-0.2, 0) is 21.4 Å². The minimum atomic E-state index is -3.36. The van der Waals surface area contributed by atoms with E-state index in [2.05, 4.69) is 14.9 Å². The molecule has 8 heteroatoms. The first-order valence-corrected chi connectivity index (χ1v) is 11.8. The van der Waals surface area contributed by atoms with Gasteiger partial charge in [-0.25, -0.2) is 12.8 Å². The summed E-state index contributed by atoms with van der Waals surface area (Å²) in [6.45, 7) is 4.78. The Bertz CT molecular complexity index is 993.